The van der Waals surface area contributed by atoms with Crippen LogP contribution in [0.3, 0.4) is 0 Å². The Morgan fingerprint density at radius 3 is 2.73 bits per heavy atom. The molecule has 1 atom stereocenters. The average Bonchev–Trinajstić information content (AvgIpc) is 3.09. The van der Waals surface area contributed by atoms with Crippen molar-refractivity contribution in [3.8, 4) is 5.75 Å². The van der Waals surface area contributed by atoms with E-state index in [1.807, 2.05) is 30.5 Å². The van der Waals surface area contributed by atoms with Crippen molar-refractivity contribution in [1.29, 1.82) is 0 Å². The summed E-state index contributed by atoms with van der Waals surface area (Å²) in [5.74, 6) is 2.28. The minimum atomic E-state index is 0.535. The van der Waals surface area contributed by atoms with Crippen LogP contribution in [-0.4, -0.2) is 41.5 Å². The van der Waals surface area contributed by atoms with Crippen LogP contribution in [0.1, 0.15) is 18.9 Å². The Hall–Kier alpha value is -2.60. The molecule has 0 amide bonds. The molecule has 2 heterocycles. The van der Waals surface area contributed by atoms with Crippen molar-refractivity contribution in [2.45, 2.75) is 19.8 Å². The minimum absolute atomic E-state index is 0.535. The summed E-state index contributed by atoms with van der Waals surface area (Å²) in [7, 11) is 1.67. The smallest absolute Gasteiger partial charge is 0.155 e. The highest BCUT2D eigenvalue weighted by Gasteiger charge is 2.09. The van der Waals surface area contributed by atoms with E-state index in [1.165, 1.54) is 5.56 Å². The molecule has 0 aliphatic rings. The van der Waals surface area contributed by atoms with Crippen LogP contribution >= 0.6 is 0 Å². The number of imidazole rings is 1. The van der Waals surface area contributed by atoms with Gasteiger partial charge in [0.05, 0.1) is 12.8 Å². The van der Waals surface area contributed by atoms with Crippen molar-refractivity contribution in [2.75, 3.05) is 32.2 Å². The first kappa shape index (κ1) is 18.2. The molecule has 1 aromatic carbocycles. The van der Waals surface area contributed by atoms with E-state index in [-0.39, 0.29) is 0 Å². The summed E-state index contributed by atoms with van der Waals surface area (Å²) in [6, 6.07) is 12.2. The van der Waals surface area contributed by atoms with Crippen LogP contribution in [0.4, 0.5) is 5.82 Å². The number of aromatic nitrogens is 3. The molecule has 1 unspecified atom stereocenters. The highest BCUT2D eigenvalue weighted by molar-refractivity contribution is 5.47. The molecule has 6 heteroatoms. The second-order valence-corrected chi connectivity index (χ2v) is 6.30. The van der Waals surface area contributed by atoms with Gasteiger partial charge < -0.3 is 14.8 Å². The Morgan fingerprint density at radius 1 is 1.15 bits per heavy atom. The molecule has 1 N–H and O–H groups in total. The highest BCUT2D eigenvalue weighted by atomic mass is 16.5. The lowest BCUT2D eigenvalue weighted by Gasteiger charge is -2.16. The molecule has 0 bridgehead atoms. The summed E-state index contributed by atoms with van der Waals surface area (Å²) in [6.45, 7) is 4.28. The summed E-state index contributed by atoms with van der Waals surface area (Å²) >= 11 is 0. The molecular formula is C20H26N4O2. The lowest BCUT2D eigenvalue weighted by Crippen LogP contribution is -2.16. The average molecular weight is 354 g/mol. The van der Waals surface area contributed by atoms with Gasteiger partial charge in [-0.25, -0.2) is 9.50 Å². The van der Waals surface area contributed by atoms with Gasteiger partial charge in [0.25, 0.3) is 0 Å². The van der Waals surface area contributed by atoms with Crippen molar-refractivity contribution in [2.24, 2.45) is 5.92 Å². The predicted octanol–water partition coefficient (Wildman–Crippen LogP) is 3.44. The molecule has 138 valence electrons. The number of hydrogen-bond acceptors (Lipinski definition) is 5. The Labute approximate surface area is 154 Å². The fourth-order valence-corrected chi connectivity index (χ4v) is 2.82. The van der Waals surface area contributed by atoms with E-state index in [0.717, 1.165) is 36.6 Å². The van der Waals surface area contributed by atoms with E-state index in [4.69, 9.17) is 9.47 Å². The molecule has 0 spiro atoms. The fourth-order valence-electron chi connectivity index (χ4n) is 2.82. The number of ether oxygens (including phenoxy) is 2. The monoisotopic (exact) mass is 354 g/mol. The largest absolute Gasteiger partial charge is 0.491 e. The highest BCUT2D eigenvalue weighted by Crippen LogP contribution is 2.18. The van der Waals surface area contributed by atoms with Gasteiger partial charge in [0.15, 0.2) is 5.65 Å². The van der Waals surface area contributed by atoms with Gasteiger partial charge >= 0.3 is 0 Å². The summed E-state index contributed by atoms with van der Waals surface area (Å²) in [5, 5.41) is 7.69. The van der Waals surface area contributed by atoms with E-state index >= 15 is 0 Å². The molecule has 26 heavy (non-hydrogen) atoms. The van der Waals surface area contributed by atoms with Crippen molar-refractivity contribution in [1.82, 2.24) is 14.6 Å². The quantitative estimate of drug-likeness (QED) is 0.565. The Morgan fingerprint density at radius 2 is 2.00 bits per heavy atom. The first-order chi connectivity index (χ1) is 12.8. The maximum absolute atomic E-state index is 5.61. The summed E-state index contributed by atoms with van der Waals surface area (Å²) < 4.78 is 12.4. The summed E-state index contributed by atoms with van der Waals surface area (Å²) in [5.41, 5.74) is 2.17. The van der Waals surface area contributed by atoms with Crippen molar-refractivity contribution < 1.29 is 9.47 Å². The number of anilines is 1. The zero-order chi connectivity index (χ0) is 18.2. The van der Waals surface area contributed by atoms with E-state index in [0.29, 0.717) is 19.1 Å². The Bertz CT molecular complexity index is 768. The Kier molecular flexibility index (Phi) is 6.44. The number of hydrogen-bond donors (Lipinski definition) is 1. The zero-order valence-corrected chi connectivity index (χ0v) is 15.4. The number of fused-ring (bicyclic) bond motifs is 1. The summed E-state index contributed by atoms with van der Waals surface area (Å²) in [6.07, 6.45) is 5.81. The van der Waals surface area contributed by atoms with E-state index in [1.54, 1.807) is 17.8 Å². The maximum atomic E-state index is 5.61. The number of nitrogens with one attached hydrogen (secondary N) is 1. The molecule has 3 aromatic rings. The third-order valence-electron chi connectivity index (χ3n) is 4.39. The van der Waals surface area contributed by atoms with Crippen LogP contribution < -0.4 is 10.1 Å². The molecule has 0 fully saturated rings. The van der Waals surface area contributed by atoms with Gasteiger partial charge in [-0.3, -0.25) is 0 Å². The van der Waals surface area contributed by atoms with Gasteiger partial charge in [0.1, 0.15) is 18.2 Å². The summed E-state index contributed by atoms with van der Waals surface area (Å²) in [4.78, 5) is 4.54. The van der Waals surface area contributed by atoms with Gasteiger partial charge in [0, 0.05) is 19.9 Å². The lowest BCUT2D eigenvalue weighted by molar-refractivity contribution is 0.146. The van der Waals surface area contributed by atoms with Crippen molar-refractivity contribution in [3.63, 3.8) is 0 Å². The number of benzene rings is 1. The zero-order valence-electron chi connectivity index (χ0n) is 15.4. The molecule has 0 aliphatic heterocycles. The number of nitrogens with zero attached hydrogens (tertiary/aromatic N) is 3. The van der Waals surface area contributed by atoms with E-state index < -0.39 is 0 Å². The molecule has 3 rings (SSSR count). The molecule has 0 saturated heterocycles. The van der Waals surface area contributed by atoms with Crippen LogP contribution in [0.25, 0.3) is 5.65 Å². The van der Waals surface area contributed by atoms with Crippen LogP contribution in [0.2, 0.25) is 0 Å². The number of methoxy groups -OCH3 is 1. The molecule has 0 aliphatic carbocycles. The topological polar surface area (TPSA) is 60.7 Å². The van der Waals surface area contributed by atoms with Gasteiger partial charge in [-0.15, -0.1) is 0 Å². The fraction of sp³-hybridized carbons (Fsp3) is 0.400. The van der Waals surface area contributed by atoms with Gasteiger partial charge in [-0.2, -0.15) is 5.10 Å². The standard InChI is InChI=1S/C20H26N4O2/c1-3-16(13-17-6-8-18(9-7-17)26-12-11-25-2)14-21-19-15-24-20(23-19)5-4-10-22-24/h4-10,15-16,21H,3,11-14H2,1-2H3. The third kappa shape index (κ3) is 4.95. The molecular weight excluding hydrogens is 328 g/mol. The Balaban J connectivity index is 1.52. The van der Waals surface area contributed by atoms with E-state index in [9.17, 15) is 0 Å². The first-order valence-corrected chi connectivity index (χ1v) is 9.03. The van der Waals surface area contributed by atoms with Crippen LogP contribution in [0.15, 0.2) is 48.8 Å². The number of rotatable bonds is 10. The molecule has 6 nitrogen and oxygen atoms in total. The normalized spacial score (nSPS) is 12.2. The molecule has 0 saturated carbocycles. The van der Waals surface area contributed by atoms with Gasteiger partial charge in [-0.05, 0) is 42.2 Å². The molecule has 2 aromatic heterocycles. The second-order valence-electron chi connectivity index (χ2n) is 6.30. The van der Waals surface area contributed by atoms with Crippen LogP contribution in [0.5, 0.6) is 5.75 Å². The van der Waals surface area contributed by atoms with Crippen LogP contribution in [0, 0.1) is 5.92 Å². The van der Waals surface area contributed by atoms with Crippen molar-refractivity contribution in [3.05, 3.63) is 54.4 Å². The van der Waals surface area contributed by atoms with Gasteiger partial charge in [-0.1, -0.05) is 25.5 Å². The van der Waals surface area contributed by atoms with E-state index in [2.05, 4.69) is 34.5 Å². The van der Waals surface area contributed by atoms with Crippen molar-refractivity contribution >= 4 is 11.5 Å². The maximum Gasteiger partial charge on any atom is 0.155 e. The minimum Gasteiger partial charge on any atom is -0.491 e. The predicted molar refractivity (Wildman–Crippen MR) is 103 cm³/mol. The van der Waals surface area contributed by atoms with Gasteiger partial charge in [0.2, 0.25) is 0 Å². The molecule has 0 radical (unpaired) electrons. The second kappa shape index (κ2) is 9.20. The first-order valence-electron chi connectivity index (χ1n) is 9.03. The lowest BCUT2D eigenvalue weighted by atomic mass is 9.97. The SMILES string of the molecule is CCC(CNc1cn2ncccc2n1)Cc1ccc(OCCOC)cc1. The third-order valence-corrected chi connectivity index (χ3v) is 4.39. The van der Waals surface area contributed by atoms with Crippen LogP contribution in [-0.2, 0) is 11.2 Å².